The van der Waals surface area contributed by atoms with Crippen LogP contribution in [-0.2, 0) is 0 Å². The second kappa shape index (κ2) is 9.22. The molecule has 4 rings (SSSR count). The molecule has 6 nitrogen and oxygen atoms in total. The number of aryl methyl sites for hydroxylation is 1. The first kappa shape index (κ1) is 20.9. The SMILES string of the molecule is Cc1cccc(Oc2ccc(NC(=O)c3ccccc3N(C)C(=O)c3ccco3)cc2)c1. The Labute approximate surface area is 186 Å². The number of para-hydroxylation sites is 1. The summed E-state index contributed by atoms with van der Waals surface area (Å²) in [5.74, 6) is 0.949. The van der Waals surface area contributed by atoms with Crippen LogP contribution in [0.15, 0.2) is 95.6 Å². The molecule has 1 N–H and O–H groups in total. The van der Waals surface area contributed by atoms with E-state index in [0.717, 1.165) is 11.3 Å². The van der Waals surface area contributed by atoms with Gasteiger partial charge in [0.25, 0.3) is 11.8 Å². The van der Waals surface area contributed by atoms with Gasteiger partial charge in [-0.3, -0.25) is 9.59 Å². The lowest BCUT2D eigenvalue weighted by atomic mass is 10.1. The number of benzene rings is 3. The van der Waals surface area contributed by atoms with Crippen LogP contribution < -0.4 is 15.0 Å². The van der Waals surface area contributed by atoms with Crippen LogP contribution in [0.1, 0.15) is 26.5 Å². The van der Waals surface area contributed by atoms with Crippen LogP contribution in [0.2, 0.25) is 0 Å². The number of rotatable bonds is 6. The van der Waals surface area contributed by atoms with Crippen LogP contribution >= 0.6 is 0 Å². The van der Waals surface area contributed by atoms with Gasteiger partial charge < -0.3 is 19.4 Å². The number of anilines is 2. The summed E-state index contributed by atoms with van der Waals surface area (Å²) in [5.41, 5.74) is 2.57. The van der Waals surface area contributed by atoms with E-state index < -0.39 is 0 Å². The van der Waals surface area contributed by atoms with E-state index in [9.17, 15) is 9.59 Å². The Kier molecular flexibility index (Phi) is 6.03. The standard InChI is InChI=1S/C26H22N2O4/c1-18-7-5-8-21(17-18)32-20-14-12-19(13-15-20)27-25(29)22-9-3-4-10-23(22)28(2)26(30)24-11-6-16-31-24/h3-17H,1-2H3,(H,27,29). The van der Waals surface area contributed by atoms with Crippen molar-refractivity contribution in [3.8, 4) is 11.5 Å². The van der Waals surface area contributed by atoms with E-state index in [0.29, 0.717) is 22.7 Å². The zero-order chi connectivity index (χ0) is 22.5. The fourth-order valence-electron chi connectivity index (χ4n) is 3.25. The van der Waals surface area contributed by atoms with Gasteiger partial charge in [0.2, 0.25) is 0 Å². The molecule has 0 spiro atoms. The van der Waals surface area contributed by atoms with Crippen LogP contribution in [-0.4, -0.2) is 18.9 Å². The van der Waals surface area contributed by atoms with Crippen molar-refractivity contribution in [3.63, 3.8) is 0 Å². The molecule has 6 heteroatoms. The summed E-state index contributed by atoms with van der Waals surface area (Å²) in [6.07, 6.45) is 1.44. The lowest BCUT2D eigenvalue weighted by Crippen LogP contribution is -2.28. The molecule has 1 aromatic heterocycles. The number of furan rings is 1. The Hall–Kier alpha value is -4.32. The number of hydrogen-bond acceptors (Lipinski definition) is 4. The van der Waals surface area contributed by atoms with Gasteiger partial charge in [-0.05, 0) is 73.2 Å². The average Bonchev–Trinajstić information content (AvgIpc) is 3.34. The smallest absolute Gasteiger partial charge is 0.293 e. The summed E-state index contributed by atoms with van der Waals surface area (Å²) in [7, 11) is 1.61. The van der Waals surface area contributed by atoms with E-state index in [1.54, 1.807) is 67.7 Å². The maximum absolute atomic E-state index is 13.0. The molecule has 2 amide bonds. The molecule has 0 unspecified atom stereocenters. The molecule has 0 radical (unpaired) electrons. The molecular weight excluding hydrogens is 404 g/mol. The predicted octanol–water partition coefficient (Wildman–Crippen LogP) is 5.91. The number of hydrogen-bond donors (Lipinski definition) is 1. The van der Waals surface area contributed by atoms with Gasteiger partial charge in [0.05, 0.1) is 17.5 Å². The van der Waals surface area contributed by atoms with Crippen molar-refractivity contribution in [1.82, 2.24) is 0 Å². The molecular formula is C26H22N2O4. The zero-order valence-corrected chi connectivity index (χ0v) is 17.7. The minimum Gasteiger partial charge on any atom is -0.459 e. The quantitative estimate of drug-likeness (QED) is 0.416. The van der Waals surface area contributed by atoms with Crippen molar-refractivity contribution in [1.29, 1.82) is 0 Å². The van der Waals surface area contributed by atoms with Crippen LogP contribution in [0, 0.1) is 6.92 Å². The van der Waals surface area contributed by atoms with Gasteiger partial charge in [-0.2, -0.15) is 0 Å². The molecule has 1 heterocycles. The van der Waals surface area contributed by atoms with Gasteiger partial charge in [-0.1, -0.05) is 24.3 Å². The van der Waals surface area contributed by atoms with Crippen molar-refractivity contribution < 1.29 is 18.7 Å². The fourth-order valence-corrected chi connectivity index (χ4v) is 3.25. The van der Waals surface area contributed by atoms with Crippen LogP contribution in [0.4, 0.5) is 11.4 Å². The number of nitrogens with one attached hydrogen (secondary N) is 1. The van der Waals surface area contributed by atoms with Crippen LogP contribution in [0.25, 0.3) is 0 Å². The maximum atomic E-state index is 13.0. The minimum absolute atomic E-state index is 0.201. The van der Waals surface area contributed by atoms with Crippen molar-refractivity contribution >= 4 is 23.2 Å². The van der Waals surface area contributed by atoms with Crippen molar-refractivity contribution in [2.75, 3.05) is 17.3 Å². The average molecular weight is 426 g/mol. The highest BCUT2D eigenvalue weighted by Gasteiger charge is 2.21. The monoisotopic (exact) mass is 426 g/mol. The lowest BCUT2D eigenvalue weighted by Gasteiger charge is -2.19. The molecule has 0 aliphatic heterocycles. The van der Waals surface area contributed by atoms with Crippen molar-refractivity contribution in [2.45, 2.75) is 6.92 Å². The fraction of sp³-hybridized carbons (Fsp3) is 0.0769. The van der Waals surface area contributed by atoms with Gasteiger partial charge >= 0.3 is 0 Å². The first-order valence-corrected chi connectivity index (χ1v) is 10.1. The van der Waals surface area contributed by atoms with Crippen LogP contribution in [0.3, 0.4) is 0 Å². The first-order valence-electron chi connectivity index (χ1n) is 10.1. The van der Waals surface area contributed by atoms with Crippen molar-refractivity contribution in [2.24, 2.45) is 0 Å². The topological polar surface area (TPSA) is 71.8 Å². The number of carbonyl (C=O) groups excluding carboxylic acids is 2. The Bertz CT molecular complexity index is 1230. The molecule has 3 aromatic carbocycles. The molecule has 0 aliphatic rings. The third-order valence-electron chi connectivity index (χ3n) is 4.88. The maximum Gasteiger partial charge on any atom is 0.293 e. The van der Waals surface area contributed by atoms with Gasteiger partial charge in [0, 0.05) is 12.7 Å². The normalized spacial score (nSPS) is 10.4. The molecule has 0 saturated heterocycles. The molecule has 32 heavy (non-hydrogen) atoms. The van der Waals surface area contributed by atoms with E-state index in [1.807, 2.05) is 31.2 Å². The summed E-state index contributed by atoms with van der Waals surface area (Å²) in [6, 6.07) is 25.0. The van der Waals surface area contributed by atoms with E-state index in [2.05, 4.69) is 5.32 Å². The predicted molar refractivity (Wildman–Crippen MR) is 124 cm³/mol. The van der Waals surface area contributed by atoms with E-state index >= 15 is 0 Å². The zero-order valence-electron chi connectivity index (χ0n) is 17.7. The third kappa shape index (κ3) is 4.70. The number of carbonyl (C=O) groups is 2. The number of ether oxygens (including phenoxy) is 1. The Morgan fingerprint density at radius 1 is 0.875 bits per heavy atom. The molecule has 0 fully saturated rings. The molecule has 4 aromatic rings. The summed E-state index contributed by atoms with van der Waals surface area (Å²) in [5, 5.41) is 2.87. The molecule has 0 bridgehead atoms. The summed E-state index contributed by atoms with van der Waals surface area (Å²) in [4.78, 5) is 27.0. The number of amides is 2. The van der Waals surface area contributed by atoms with Crippen molar-refractivity contribution in [3.05, 3.63) is 108 Å². The Morgan fingerprint density at radius 3 is 2.38 bits per heavy atom. The molecule has 0 saturated carbocycles. The summed E-state index contributed by atoms with van der Waals surface area (Å²) in [6.45, 7) is 2.00. The largest absolute Gasteiger partial charge is 0.459 e. The summed E-state index contributed by atoms with van der Waals surface area (Å²) >= 11 is 0. The Balaban J connectivity index is 1.48. The number of nitrogens with zero attached hydrogens (tertiary/aromatic N) is 1. The molecule has 160 valence electrons. The molecule has 0 aliphatic carbocycles. The van der Waals surface area contributed by atoms with Gasteiger partial charge in [0.15, 0.2) is 5.76 Å². The highest BCUT2D eigenvalue weighted by atomic mass is 16.5. The van der Waals surface area contributed by atoms with E-state index in [4.69, 9.17) is 9.15 Å². The van der Waals surface area contributed by atoms with E-state index in [1.165, 1.54) is 11.2 Å². The second-order valence-corrected chi connectivity index (χ2v) is 7.26. The van der Waals surface area contributed by atoms with Gasteiger partial charge in [-0.15, -0.1) is 0 Å². The Morgan fingerprint density at radius 2 is 1.66 bits per heavy atom. The highest BCUT2D eigenvalue weighted by Crippen LogP contribution is 2.25. The first-order chi connectivity index (χ1) is 15.5. The molecule has 0 atom stereocenters. The van der Waals surface area contributed by atoms with Gasteiger partial charge in [-0.25, -0.2) is 0 Å². The third-order valence-corrected chi connectivity index (χ3v) is 4.88. The second-order valence-electron chi connectivity index (χ2n) is 7.26. The van der Waals surface area contributed by atoms with Crippen LogP contribution in [0.5, 0.6) is 11.5 Å². The summed E-state index contributed by atoms with van der Waals surface area (Å²) < 4.78 is 11.0. The lowest BCUT2D eigenvalue weighted by molar-refractivity contribution is 0.0966. The van der Waals surface area contributed by atoms with E-state index in [-0.39, 0.29) is 17.6 Å². The minimum atomic E-state index is -0.340. The van der Waals surface area contributed by atoms with Gasteiger partial charge in [0.1, 0.15) is 11.5 Å². The highest BCUT2D eigenvalue weighted by molar-refractivity contribution is 6.12.